The summed E-state index contributed by atoms with van der Waals surface area (Å²) in [7, 11) is 0. The Balaban J connectivity index is 1.73. The minimum absolute atomic E-state index is 0.0262. The summed E-state index contributed by atoms with van der Waals surface area (Å²) in [5.41, 5.74) is 1.10. The molecule has 2 aromatic rings. The molecule has 1 aliphatic rings. The van der Waals surface area contributed by atoms with Crippen LogP contribution in [0.1, 0.15) is 37.8 Å². The van der Waals surface area contributed by atoms with Gasteiger partial charge in [0.2, 0.25) is 5.13 Å². The second kappa shape index (κ2) is 6.12. The van der Waals surface area contributed by atoms with E-state index in [-0.39, 0.29) is 5.41 Å². The highest BCUT2D eigenvalue weighted by atomic mass is 32.1. The summed E-state index contributed by atoms with van der Waals surface area (Å²) in [6.07, 6.45) is 0.910. The fraction of sp³-hybridized carbons (Fsp3) is 0.500. The summed E-state index contributed by atoms with van der Waals surface area (Å²) < 4.78 is 11.5. The zero-order valence-corrected chi connectivity index (χ0v) is 14.0. The maximum atomic E-state index is 5.83. The van der Waals surface area contributed by atoms with E-state index in [2.05, 4.69) is 36.3 Å². The lowest BCUT2D eigenvalue weighted by Crippen LogP contribution is -2.10. The average Bonchev–Trinajstić information content (AvgIpc) is 2.83. The molecule has 2 heterocycles. The molecule has 22 heavy (non-hydrogen) atoms. The Morgan fingerprint density at radius 1 is 1.18 bits per heavy atom. The van der Waals surface area contributed by atoms with Crippen molar-refractivity contribution >= 4 is 16.5 Å². The predicted octanol–water partition coefficient (Wildman–Crippen LogP) is 3.61. The van der Waals surface area contributed by atoms with Gasteiger partial charge >= 0.3 is 0 Å². The molecule has 1 N–H and O–H groups in total. The molecule has 0 bridgehead atoms. The van der Waals surface area contributed by atoms with Crippen LogP contribution in [0, 0.1) is 0 Å². The quantitative estimate of drug-likeness (QED) is 0.936. The molecule has 0 saturated heterocycles. The van der Waals surface area contributed by atoms with E-state index in [1.54, 1.807) is 11.3 Å². The molecule has 118 valence electrons. The molecule has 5 nitrogen and oxygen atoms in total. The number of benzene rings is 1. The van der Waals surface area contributed by atoms with Crippen LogP contribution < -0.4 is 14.8 Å². The molecular formula is C16H21N3O2S. The van der Waals surface area contributed by atoms with E-state index in [9.17, 15) is 0 Å². The van der Waals surface area contributed by atoms with Gasteiger partial charge in [-0.2, -0.15) is 0 Å². The van der Waals surface area contributed by atoms with Crippen molar-refractivity contribution in [3.63, 3.8) is 0 Å². The van der Waals surface area contributed by atoms with Crippen molar-refractivity contribution in [3.8, 4) is 11.5 Å². The van der Waals surface area contributed by atoms with E-state index in [0.29, 0.717) is 19.8 Å². The van der Waals surface area contributed by atoms with Crippen LogP contribution in [0.5, 0.6) is 11.5 Å². The Bertz CT molecular complexity index is 649. The number of hydrogen-bond donors (Lipinski definition) is 1. The third-order valence-electron chi connectivity index (χ3n) is 3.35. The van der Waals surface area contributed by atoms with Crippen molar-refractivity contribution in [1.82, 2.24) is 10.2 Å². The number of nitrogens with zero attached hydrogens (tertiary/aromatic N) is 2. The van der Waals surface area contributed by atoms with Crippen molar-refractivity contribution in [1.29, 1.82) is 0 Å². The van der Waals surface area contributed by atoms with Gasteiger partial charge in [0.1, 0.15) is 5.01 Å². The zero-order chi connectivity index (χ0) is 15.6. The number of aromatic nitrogens is 2. The summed E-state index contributed by atoms with van der Waals surface area (Å²) in [6, 6.07) is 5.99. The average molecular weight is 319 g/mol. The molecule has 3 rings (SSSR count). The fourth-order valence-corrected chi connectivity index (χ4v) is 2.96. The molecule has 0 fully saturated rings. The molecule has 0 spiro atoms. The molecule has 1 aliphatic heterocycles. The predicted molar refractivity (Wildman–Crippen MR) is 88.0 cm³/mol. The first-order chi connectivity index (χ1) is 10.5. The number of nitrogens with one attached hydrogen (secondary N) is 1. The van der Waals surface area contributed by atoms with Crippen molar-refractivity contribution in [2.24, 2.45) is 0 Å². The van der Waals surface area contributed by atoms with Gasteiger partial charge in [0.25, 0.3) is 0 Å². The highest BCUT2D eigenvalue weighted by molar-refractivity contribution is 7.15. The maximum Gasteiger partial charge on any atom is 0.205 e. The molecule has 1 aromatic carbocycles. The van der Waals surface area contributed by atoms with Gasteiger partial charge in [-0.1, -0.05) is 44.2 Å². The lowest BCUT2D eigenvalue weighted by molar-refractivity contribution is 0.296. The van der Waals surface area contributed by atoms with Crippen LogP contribution in [0.25, 0.3) is 0 Å². The molecule has 0 unspecified atom stereocenters. The monoisotopic (exact) mass is 319 g/mol. The van der Waals surface area contributed by atoms with E-state index in [4.69, 9.17) is 9.47 Å². The van der Waals surface area contributed by atoms with Crippen molar-refractivity contribution in [3.05, 3.63) is 28.8 Å². The second-order valence-corrected chi connectivity index (χ2v) is 7.29. The largest absolute Gasteiger partial charge is 0.490 e. The van der Waals surface area contributed by atoms with Crippen molar-refractivity contribution < 1.29 is 9.47 Å². The second-order valence-electron chi connectivity index (χ2n) is 6.31. The van der Waals surface area contributed by atoms with Crippen molar-refractivity contribution in [2.45, 2.75) is 39.2 Å². The Morgan fingerprint density at radius 3 is 2.77 bits per heavy atom. The number of ether oxygens (including phenoxy) is 2. The van der Waals surface area contributed by atoms with Crippen LogP contribution in [-0.2, 0) is 12.0 Å². The van der Waals surface area contributed by atoms with Crippen LogP contribution in [0.3, 0.4) is 0 Å². The molecule has 0 amide bonds. The summed E-state index contributed by atoms with van der Waals surface area (Å²) in [4.78, 5) is 0. The topological polar surface area (TPSA) is 56.3 Å². The van der Waals surface area contributed by atoms with E-state index in [1.807, 2.05) is 18.2 Å². The first-order valence-electron chi connectivity index (χ1n) is 7.49. The molecule has 0 radical (unpaired) electrons. The Labute approximate surface area is 134 Å². The normalized spacial score (nSPS) is 14.5. The van der Waals surface area contributed by atoms with Gasteiger partial charge < -0.3 is 14.8 Å². The number of fused-ring (bicyclic) bond motifs is 1. The molecule has 0 saturated carbocycles. The van der Waals surface area contributed by atoms with Crippen LogP contribution in [0.2, 0.25) is 0 Å². The Hall–Kier alpha value is -1.82. The fourth-order valence-electron chi connectivity index (χ4n) is 2.16. The van der Waals surface area contributed by atoms with Gasteiger partial charge in [0.05, 0.1) is 13.2 Å². The standard InChI is InChI=1S/C16H21N3O2S/c1-16(2,3)14-18-19-15(22-14)17-10-11-6-4-7-12-13(11)21-9-5-8-20-12/h4,6-7H,5,8-10H2,1-3H3,(H,17,19). The SMILES string of the molecule is CC(C)(C)c1nnc(NCc2cccc3c2OCCCO3)s1. The van der Waals surface area contributed by atoms with E-state index < -0.39 is 0 Å². The van der Waals surface area contributed by atoms with E-state index >= 15 is 0 Å². The van der Waals surface area contributed by atoms with Crippen LogP contribution in [0.4, 0.5) is 5.13 Å². The first-order valence-corrected chi connectivity index (χ1v) is 8.31. The lowest BCUT2D eigenvalue weighted by Gasteiger charge is -2.13. The zero-order valence-electron chi connectivity index (χ0n) is 13.2. The molecule has 0 atom stereocenters. The van der Waals surface area contributed by atoms with Gasteiger partial charge in [0, 0.05) is 23.9 Å². The molecule has 0 aliphatic carbocycles. The summed E-state index contributed by atoms with van der Waals surface area (Å²) >= 11 is 1.60. The first kappa shape index (κ1) is 15.1. The van der Waals surface area contributed by atoms with Crippen molar-refractivity contribution in [2.75, 3.05) is 18.5 Å². The number of hydrogen-bond acceptors (Lipinski definition) is 6. The lowest BCUT2D eigenvalue weighted by atomic mass is 9.98. The van der Waals surface area contributed by atoms with Crippen LogP contribution >= 0.6 is 11.3 Å². The summed E-state index contributed by atoms with van der Waals surface area (Å²) in [5.74, 6) is 1.66. The minimum Gasteiger partial charge on any atom is -0.490 e. The van der Waals surface area contributed by atoms with E-state index in [1.165, 1.54) is 0 Å². The summed E-state index contributed by atoms with van der Waals surface area (Å²) in [5, 5.41) is 13.7. The van der Waals surface area contributed by atoms with Gasteiger partial charge in [-0.15, -0.1) is 10.2 Å². The van der Waals surface area contributed by atoms with Crippen LogP contribution in [0.15, 0.2) is 18.2 Å². The Morgan fingerprint density at radius 2 is 2.00 bits per heavy atom. The third-order valence-corrected chi connectivity index (χ3v) is 4.66. The number of anilines is 1. The molecular weight excluding hydrogens is 298 g/mol. The minimum atomic E-state index is 0.0262. The van der Waals surface area contributed by atoms with Gasteiger partial charge in [-0.05, 0) is 6.07 Å². The third kappa shape index (κ3) is 3.32. The van der Waals surface area contributed by atoms with E-state index in [0.717, 1.165) is 33.6 Å². The number of rotatable bonds is 3. The molecule has 1 aromatic heterocycles. The summed E-state index contributed by atoms with van der Waals surface area (Å²) in [6.45, 7) is 8.45. The van der Waals surface area contributed by atoms with Gasteiger partial charge in [-0.3, -0.25) is 0 Å². The maximum absolute atomic E-state index is 5.83. The number of para-hydroxylation sites is 1. The highest BCUT2D eigenvalue weighted by Crippen LogP contribution is 2.34. The Kier molecular flexibility index (Phi) is 4.20. The van der Waals surface area contributed by atoms with Crippen LogP contribution in [-0.4, -0.2) is 23.4 Å². The smallest absolute Gasteiger partial charge is 0.205 e. The molecule has 6 heteroatoms. The van der Waals surface area contributed by atoms with Gasteiger partial charge in [0.15, 0.2) is 11.5 Å². The highest BCUT2D eigenvalue weighted by Gasteiger charge is 2.20. The van der Waals surface area contributed by atoms with Gasteiger partial charge in [-0.25, -0.2) is 0 Å².